The number of halogens is 1. The number of nitrogens with two attached hydrogens (primary N) is 1. The van der Waals surface area contributed by atoms with E-state index in [1.54, 1.807) is 12.1 Å². The van der Waals surface area contributed by atoms with E-state index in [0.717, 1.165) is 24.3 Å². The highest BCUT2D eigenvalue weighted by molar-refractivity contribution is 6.06. The van der Waals surface area contributed by atoms with Gasteiger partial charge in [0.05, 0.1) is 16.9 Å². The minimum Gasteiger partial charge on any atom is -0.397 e. The Balaban J connectivity index is 1.89. The van der Waals surface area contributed by atoms with Gasteiger partial charge in [0, 0.05) is 18.8 Å². The number of nitrogens with one attached hydrogen (secondary N) is 1. The second kappa shape index (κ2) is 7.36. The number of hydrogen-bond acceptors (Lipinski definition) is 3. The normalized spacial score (nSPS) is 20.1. The van der Waals surface area contributed by atoms with Gasteiger partial charge in [0.1, 0.15) is 5.82 Å². The SMILES string of the molecule is Cc1cc(N)c(NC(=O)c2ccccc2F)cc1N1C[C@H](C)C[C@@H](C)C1. The molecule has 4 nitrogen and oxygen atoms in total. The number of aryl methyl sites for hydroxylation is 1. The van der Waals surface area contributed by atoms with E-state index < -0.39 is 11.7 Å². The van der Waals surface area contributed by atoms with Crippen molar-refractivity contribution in [3.8, 4) is 0 Å². The molecule has 0 aliphatic carbocycles. The predicted molar refractivity (Wildman–Crippen MR) is 105 cm³/mol. The number of nitrogen functional groups attached to an aromatic ring is 1. The highest BCUT2D eigenvalue weighted by Gasteiger charge is 2.24. The molecule has 3 N–H and O–H groups in total. The standard InChI is InChI=1S/C21H26FN3O/c1-13-8-14(2)12-25(11-13)20-10-19(18(23)9-15(20)3)24-21(26)16-6-4-5-7-17(16)22/h4-7,9-10,13-14H,8,11-12,23H2,1-3H3,(H,24,26)/t13-,14-/m1/s1. The van der Waals surface area contributed by atoms with Crippen LogP contribution in [0.5, 0.6) is 0 Å². The number of rotatable bonds is 3. The van der Waals surface area contributed by atoms with Gasteiger partial charge in [0.25, 0.3) is 5.91 Å². The number of nitrogens with zero attached hydrogens (tertiary/aromatic N) is 1. The molecular weight excluding hydrogens is 329 g/mol. The molecule has 138 valence electrons. The van der Waals surface area contributed by atoms with Crippen LogP contribution in [0, 0.1) is 24.6 Å². The van der Waals surface area contributed by atoms with E-state index in [1.165, 1.54) is 18.6 Å². The van der Waals surface area contributed by atoms with E-state index in [4.69, 9.17) is 5.73 Å². The van der Waals surface area contributed by atoms with Gasteiger partial charge in [-0.1, -0.05) is 26.0 Å². The van der Waals surface area contributed by atoms with Crippen molar-refractivity contribution in [2.24, 2.45) is 11.8 Å². The molecule has 0 saturated carbocycles. The lowest BCUT2D eigenvalue weighted by molar-refractivity contribution is 0.102. The Bertz CT molecular complexity index is 811. The minimum absolute atomic E-state index is 0.00856. The molecule has 0 unspecified atom stereocenters. The molecular formula is C21H26FN3O. The van der Waals surface area contributed by atoms with Gasteiger partial charge in [0.15, 0.2) is 0 Å². The Morgan fingerprint density at radius 2 is 1.85 bits per heavy atom. The Hall–Kier alpha value is -2.56. The summed E-state index contributed by atoms with van der Waals surface area (Å²) in [6.07, 6.45) is 1.22. The first-order valence-electron chi connectivity index (χ1n) is 9.06. The van der Waals surface area contributed by atoms with Gasteiger partial charge >= 0.3 is 0 Å². The van der Waals surface area contributed by atoms with Crippen LogP contribution in [0.3, 0.4) is 0 Å². The summed E-state index contributed by atoms with van der Waals surface area (Å²) in [5, 5.41) is 2.77. The molecule has 3 rings (SSSR count). The number of carbonyl (C=O) groups excluding carboxylic acids is 1. The van der Waals surface area contributed by atoms with Crippen LogP contribution in [0.4, 0.5) is 21.5 Å². The summed E-state index contributed by atoms with van der Waals surface area (Å²) in [6, 6.07) is 9.71. The molecule has 1 saturated heterocycles. The van der Waals surface area contributed by atoms with E-state index in [1.807, 2.05) is 19.1 Å². The van der Waals surface area contributed by atoms with Gasteiger partial charge < -0.3 is 16.0 Å². The van der Waals surface area contributed by atoms with E-state index in [9.17, 15) is 9.18 Å². The first-order valence-corrected chi connectivity index (χ1v) is 9.06. The van der Waals surface area contributed by atoms with Crippen molar-refractivity contribution in [3.05, 3.63) is 53.3 Å². The number of hydrogen-bond donors (Lipinski definition) is 2. The number of piperidine rings is 1. The molecule has 2 atom stereocenters. The second-order valence-electron chi connectivity index (χ2n) is 7.51. The predicted octanol–water partition coefficient (Wildman–Crippen LogP) is 4.45. The van der Waals surface area contributed by atoms with Crippen LogP contribution in [-0.2, 0) is 0 Å². The zero-order valence-electron chi connectivity index (χ0n) is 15.6. The zero-order valence-corrected chi connectivity index (χ0v) is 15.6. The van der Waals surface area contributed by atoms with E-state index >= 15 is 0 Å². The highest BCUT2D eigenvalue weighted by atomic mass is 19.1. The molecule has 26 heavy (non-hydrogen) atoms. The van der Waals surface area contributed by atoms with Gasteiger partial charge in [-0.25, -0.2) is 4.39 Å². The topological polar surface area (TPSA) is 58.4 Å². The Morgan fingerprint density at radius 1 is 1.19 bits per heavy atom. The summed E-state index contributed by atoms with van der Waals surface area (Å²) >= 11 is 0. The molecule has 0 aromatic heterocycles. The first-order chi connectivity index (χ1) is 12.3. The molecule has 1 aliphatic rings. The Labute approximate surface area is 154 Å². The fourth-order valence-electron chi connectivity index (χ4n) is 3.86. The lowest BCUT2D eigenvalue weighted by Crippen LogP contribution is -2.39. The third-order valence-electron chi connectivity index (χ3n) is 4.94. The van der Waals surface area contributed by atoms with Crippen molar-refractivity contribution in [2.75, 3.05) is 29.0 Å². The van der Waals surface area contributed by atoms with Crippen molar-refractivity contribution < 1.29 is 9.18 Å². The maximum Gasteiger partial charge on any atom is 0.258 e. The van der Waals surface area contributed by atoms with Crippen molar-refractivity contribution in [3.63, 3.8) is 0 Å². The number of carbonyl (C=O) groups is 1. The third kappa shape index (κ3) is 3.82. The molecule has 5 heteroatoms. The molecule has 1 amide bonds. The molecule has 1 fully saturated rings. The summed E-state index contributed by atoms with van der Waals surface area (Å²) in [6.45, 7) is 8.51. The van der Waals surface area contributed by atoms with Gasteiger partial charge in [0.2, 0.25) is 0 Å². The van der Waals surface area contributed by atoms with Crippen LogP contribution in [0.1, 0.15) is 36.2 Å². The molecule has 0 spiro atoms. The summed E-state index contributed by atoms with van der Waals surface area (Å²) in [4.78, 5) is 14.8. The third-order valence-corrected chi connectivity index (χ3v) is 4.94. The van der Waals surface area contributed by atoms with Gasteiger partial charge in [-0.3, -0.25) is 4.79 Å². The van der Waals surface area contributed by atoms with Gasteiger partial charge in [-0.05, 0) is 55.0 Å². The lowest BCUT2D eigenvalue weighted by Gasteiger charge is -2.37. The largest absolute Gasteiger partial charge is 0.397 e. The monoisotopic (exact) mass is 355 g/mol. The molecule has 2 aromatic rings. The van der Waals surface area contributed by atoms with Crippen molar-refractivity contribution in [2.45, 2.75) is 27.2 Å². The summed E-state index contributed by atoms with van der Waals surface area (Å²) in [5.74, 6) is 0.193. The molecule has 1 aliphatic heterocycles. The van der Waals surface area contributed by atoms with Crippen LogP contribution >= 0.6 is 0 Å². The van der Waals surface area contributed by atoms with Crippen LogP contribution in [0.2, 0.25) is 0 Å². The van der Waals surface area contributed by atoms with Crippen LogP contribution in [-0.4, -0.2) is 19.0 Å². The minimum atomic E-state index is -0.547. The summed E-state index contributed by atoms with van der Waals surface area (Å²) in [7, 11) is 0. The maximum atomic E-state index is 13.9. The maximum absolute atomic E-state index is 13.9. The van der Waals surface area contributed by atoms with Gasteiger partial charge in [-0.2, -0.15) is 0 Å². The average molecular weight is 355 g/mol. The highest BCUT2D eigenvalue weighted by Crippen LogP contribution is 2.33. The van der Waals surface area contributed by atoms with Crippen molar-refractivity contribution in [1.82, 2.24) is 0 Å². The fourth-order valence-corrected chi connectivity index (χ4v) is 3.86. The summed E-state index contributed by atoms with van der Waals surface area (Å²) < 4.78 is 13.9. The van der Waals surface area contributed by atoms with E-state index in [2.05, 4.69) is 24.1 Å². The molecule has 2 aromatic carbocycles. The second-order valence-corrected chi connectivity index (χ2v) is 7.51. The van der Waals surface area contributed by atoms with Crippen LogP contribution in [0.15, 0.2) is 36.4 Å². The number of benzene rings is 2. The lowest BCUT2D eigenvalue weighted by atomic mass is 9.91. The number of anilines is 3. The molecule has 0 radical (unpaired) electrons. The Morgan fingerprint density at radius 3 is 2.50 bits per heavy atom. The zero-order chi connectivity index (χ0) is 18.8. The summed E-state index contributed by atoms with van der Waals surface area (Å²) in [5.41, 5.74) is 9.27. The van der Waals surface area contributed by atoms with E-state index in [0.29, 0.717) is 23.2 Å². The van der Waals surface area contributed by atoms with Crippen LogP contribution < -0.4 is 16.0 Å². The van der Waals surface area contributed by atoms with Gasteiger partial charge in [-0.15, -0.1) is 0 Å². The van der Waals surface area contributed by atoms with E-state index in [-0.39, 0.29) is 5.56 Å². The first kappa shape index (κ1) is 18.2. The number of amides is 1. The van der Waals surface area contributed by atoms with Crippen molar-refractivity contribution in [1.29, 1.82) is 0 Å². The average Bonchev–Trinajstić information content (AvgIpc) is 2.56. The molecule has 1 heterocycles. The smallest absolute Gasteiger partial charge is 0.258 e. The Kier molecular flexibility index (Phi) is 5.16. The fraction of sp³-hybridized carbons (Fsp3) is 0.381. The van der Waals surface area contributed by atoms with Crippen molar-refractivity contribution >= 4 is 23.0 Å². The molecule has 0 bridgehead atoms. The quantitative estimate of drug-likeness (QED) is 0.800. The van der Waals surface area contributed by atoms with Crippen LogP contribution in [0.25, 0.3) is 0 Å².